The van der Waals surface area contributed by atoms with Crippen molar-refractivity contribution in [3.8, 4) is 0 Å². The van der Waals surface area contributed by atoms with E-state index in [9.17, 15) is 0 Å². The molecule has 0 saturated heterocycles. The number of nitrogens with zero attached hydrogens (tertiary/aromatic N) is 3. The van der Waals surface area contributed by atoms with Crippen molar-refractivity contribution >= 4 is 23.0 Å². The molecule has 23 heavy (non-hydrogen) atoms. The Balaban J connectivity index is 1.80. The van der Waals surface area contributed by atoms with E-state index >= 15 is 0 Å². The maximum absolute atomic E-state index is 5.03. The quantitative estimate of drug-likeness (QED) is 0.795. The molecule has 0 radical (unpaired) electrons. The third-order valence-corrected chi connectivity index (χ3v) is 4.87. The Morgan fingerprint density at radius 3 is 2.39 bits per heavy atom. The van der Waals surface area contributed by atoms with Crippen LogP contribution in [-0.2, 0) is 0 Å². The van der Waals surface area contributed by atoms with Crippen LogP contribution in [0.15, 0.2) is 59.6 Å². The van der Waals surface area contributed by atoms with Gasteiger partial charge in [-0.3, -0.25) is 4.90 Å². The molecule has 2 aromatic rings. The molecule has 0 aliphatic carbocycles. The summed E-state index contributed by atoms with van der Waals surface area (Å²) in [6, 6.07) is 20.0. The number of rotatable bonds is 4. The van der Waals surface area contributed by atoms with E-state index in [1.54, 1.807) is 0 Å². The van der Waals surface area contributed by atoms with Crippen LogP contribution >= 0.6 is 0 Å². The second-order valence-electron chi connectivity index (χ2n) is 6.41. The molecule has 2 heterocycles. The van der Waals surface area contributed by atoms with Crippen LogP contribution < -0.4 is 9.80 Å². The van der Waals surface area contributed by atoms with Gasteiger partial charge in [-0.05, 0) is 37.6 Å². The van der Waals surface area contributed by atoms with Crippen LogP contribution in [0.2, 0.25) is 0 Å². The van der Waals surface area contributed by atoms with E-state index in [1.807, 2.05) is 0 Å². The van der Waals surface area contributed by atoms with Crippen molar-refractivity contribution < 1.29 is 0 Å². The predicted molar refractivity (Wildman–Crippen MR) is 97.7 cm³/mol. The molecule has 2 aliphatic heterocycles. The summed E-state index contributed by atoms with van der Waals surface area (Å²) in [7, 11) is 0. The number of hydrogen-bond acceptors (Lipinski definition) is 3. The molecule has 0 aromatic heterocycles. The molecule has 3 heteroatoms. The van der Waals surface area contributed by atoms with Crippen LogP contribution in [0, 0.1) is 0 Å². The average Bonchev–Trinajstić information content (AvgIpc) is 3.07. The summed E-state index contributed by atoms with van der Waals surface area (Å²) in [5.41, 5.74) is 3.72. The van der Waals surface area contributed by atoms with Crippen molar-refractivity contribution in [2.75, 3.05) is 9.80 Å². The van der Waals surface area contributed by atoms with Gasteiger partial charge in [0.2, 0.25) is 5.96 Å². The highest BCUT2D eigenvalue weighted by Gasteiger charge is 2.43. The maximum atomic E-state index is 5.03. The Morgan fingerprint density at radius 2 is 1.65 bits per heavy atom. The highest BCUT2D eigenvalue weighted by Crippen LogP contribution is 2.46. The molecule has 0 saturated carbocycles. The Bertz CT molecular complexity index is 723. The zero-order valence-electron chi connectivity index (χ0n) is 13.8. The largest absolute Gasteiger partial charge is 0.305 e. The molecule has 3 nitrogen and oxygen atoms in total. The molecule has 2 aliphatic rings. The number of hydrogen-bond donors (Lipinski definition) is 0. The first-order valence-electron chi connectivity index (χ1n) is 8.62. The topological polar surface area (TPSA) is 18.8 Å². The van der Waals surface area contributed by atoms with Crippen molar-refractivity contribution in [3.05, 3.63) is 54.6 Å². The lowest BCUT2D eigenvalue weighted by atomic mass is 10.0. The average molecular weight is 305 g/mol. The molecule has 0 bridgehead atoms. The fraction of sp³-hybridized carbons (Fsp3) is 0.350. The van der Waals surface area contributed by atoms with Crippen LogP contribution in [-0.4, -0.2) is 18.0 Å². The van der Waals surface area contributed by atoms with Gasteiger partial charge in [-0.1, -0.05) is 50.1 Å². The molecule has 2 aromatic carbocycles. The third kappa shape index (κ3) is 2.23. The Labute approximate surface area is 138 Å². The standard InChI is InChI=1S/C20H23N3/c1-3-4-12-17-15(2)21-20-22(16-10-6-5-7-11-16)18-13-8-9-14-19(18)23(17)20/h5-11,13-15,17H,3-4,12H2,1-2H3. The SMILES string of the molecule is CCCCC1C(C)N=C2N(c3ccccc3)c3ccccc3N21. The monoisotopic (exact) mass is 305 g/mol. The predicted octanol–water partition coefficient (Wildman–Crippen LogP) is 4.96. The van der Waals surface area contributed by atoms with Crippen molar-refractivity contribution in [1.82, 2.24) is 0 Å². The molecule has 0 amide bonds. The van der Waals surface area contributed by atoms with Gasteiger partial charge in [0.25, 0.3) is 0 Å². The summed E-state index contributed by atoms with van der Waals surface area (Å²) >= 11 is 0. The van der Waals surface area contributed by atoms with Gasteiger partial charge < -0.3 is 4.90 Å². The summed E-state index contributed by atoms with van der Waals surface area (Å²) in [5.74, 6) is 1.09. The fourth-order valence-corrected chi connectivity index (χ4v) is 3.73. The lowest BCUT2D eigenvalue weighted by Crippen LogP contribution is -2.40. The Hall–Kier alpha value is -2.29. The molecule has 2 unspecified atom stereocenters. The van der Waals surface area contributed by atoms with Crippen molar-refractivity contribution in [1.29, 1.82) is 0 Å². The van der Waals surface area contributed by atoms with Crippen LogP contribution in [0.5, 0.6) is 0 Å². The third-order valence-electron chi connectivity index (χ3n) is 4.87. The van der Waals surface area contributed by atoms with Gasteiger partial charge in [-0.2, -0.15) is 0 Å². The highest BCUT2D eigenvalue weighted by molar-refractivity contribution is 6.21. The zero-order valence-corrected chi connectivity index (χ0v) is 13.8. The van der Waals surface area contributed by atoms with Crippen molar-refractivity contribution in [2.45, 2.75) is 45.2 Å². The van der Waals surface area contributed by atoms with E-state index in [0.29, 0.717) is 12.1 Å². The van der Waals surface area contributed by atoms with E-state index in [2.05, 4.69) is 78.2 Å². The first-order valence-corrected chi connectivity index (χ1v) is 8.62. The molecule has 2 atom stereocenters. The first-order chi connectivity index (χ1) is 11.3. The van der Waals surface area contributed by atoms with Crippen LogP contribution in [0.4, 0.5) is 17.1 Å². The smallest absolute Gasteiger partial charge is 0.211 e. The first kappa shape index (κ1) is 14.3. The minimum atomic E-state index is 0.344. The zero-order chi connectivity index (χ0) is 15.8. The molecule has 4 rings (SSSR count). The lowest BCUT2D eigenvalue weighted by Gasteiger charge is -2.26. The van der Waals surface area contributed by atoms with E-state index in [-0.39, 0.29) is 0 Å². The van der Waals surface area contributed by atoms with Gasteiger partial charge in [0.1, 0.15) is 0 Å². The van der Waals surface area contributed by atoms with Crippen LogP contribution in [0.1, 0.15) is 33.1 Å². The van der Waals surface area contributed by atoms with Gasteiger partial charge in [0.15, 0.2) is 0 Å². The Morgan fingerprint density at radius 1 is 0.957 bits per heavy atom. The summed E-state index contributed by atoms with van der Waals surface area (Å²) in [4.78, 5) is 9.79. The minimum Gasteiger partial charge on any atom is -0.305 e. The summed E-state index contributed by atoms with van der Waals surface area (Å²) in [6.07, 6.45) is 3.68. The Kier molecular flexibility index (Phi) is 3.56. The number of para-hydroxylation sites is 3. The number of unbranched alkanes of at least 4 members (excludes halogenated alkanes) is 1. The minimum absolute atomic E-state index is 0.344. The van der Waals surface area contributed by atoms with E-state index in [4.69, 9.17) is 4.99 Å². The number of fused-ring (bicyclic) bond motifs is 3. The van der Waals surface area contributed by atoms with Crippen molar-refractivity contribution in [3.63, 3.8) is 0 Å². The van der Waals surface area contributed by atoms with Crippen molar-refractivity contribution in [2.24, 2.45) is 4.99 Å². The second-order valence-corrected chi connectivity index (χ2v) is 6.41. The van der Waals surface area contributed by atoms with Gasteiger partial charge in [0, 0.05) is 5.69 Å². The molecule has 118 valence electrons. The normalized spacial score (nSPS) is 22.1. The number of guanidine groups is 1. The second kappa shape index (κ2) is 5.73. The molecular formula is C20H23N3. The molecular weight excluding hydrogens is 282 g/mol. The van der Waals surface area contributed by atoms with E-state index in [0.717, 1.165) is 5.96 Å². The van der Waals surface area contributed by atoms with Gasteiger partial charge in [-0.25, -0.2) is 4.99 Å². The highest BCUT2D eigenvalue weighted by atomic mass is 15.5. The van der Waals surface area contributed by atoms with Crippen LogP contribution in [0.25, 0.3) is 0 Å². The maximum Gasteiger partial charge on any atom is 0.211 e. The summed E-state index contributed by atoms with van der Waals surface area (Å²) in [5, 5.41) is 0. The van der Waals surface area contributed by atoms with Gasteiger partial charge >= 0.3 is 0 Å². The number of benzene rings is 2. The molecule has 0 N–H and O–H groups in total. The van der Waals surface area contributed by atoms with E-state index in [1.165, 1.54) is 36.3 Å². The van der Waals surface area contributed by atoms with E-state index < -0.39 is 0 Å². The number of anilines is 3. The van der Waals surface area contributed by atoms with Gasteiger partial charge in [0.05, 0.1) is 23.5 Å². The lowest BCUT2D eigenvalue weighted by molar-refractivity contribution is 0.529. The fourth-order valence-electron chi connectivity index (χ4n) is 3.73. The molecule has 0 spiro atoms. The molecule has 0 fully saturated rings. The summed E-state index contributed by atoms with van der Waals surface area (Å²) < 4.78 is 0. The van der Waals surface area contributed by atoms with Crippen LogP contribution in [0.3, 0.4) is 0 Å². The number of aliphatic imine (C=N–C) groups is 1. The van der Waals surface area contributed by atoms with Gasteiger partial charge in [-0.15, -0.1) is 0 Å². The summed E-state index contributed by atoms with van der Waals surface area (Å²) in [6.45, 7) is 4.51.